The van der Waals surface area contributed by atoms with Gasteiger partial charge in [-0.05, 0) is 25.0 Å². The van der Waals surface area contributed by atoms with E-state index < -0.39 is 0 Å². The molecule has 86 valence electrons. The third-order valence-corrected chi connectivity index (χ3v) is 2.71. The number of nitriles is 1. The summed E-state index contributed by atoms with van der Waals surface area (Å²) >= 11 is 0. The van der Waals surface area contributed by atoms with E-state index in [1.54, 1.807) is 24.3 Å². The van der Waals surface area contributed by atoms with Crippen LogP contribution in [0.2, 0.25) is 0 Å². The third kappa shape index (κ3) is 2.91. The Hall–Kier alpha value is -2.15. The maximum atomic E-state index is 11.7. The van der Waals surface area contributed by atoms with Gasteiger partial charge < -0.3 is 5.32 Å². The normalized spacial score (nSPS) is 13.8. The van der Waals surface area contributed by atoms with Crippen LogP contribution >= 0.6 is 0 Å². The summed E-state index contributed by atoms with van der Waals surface area (Å²) in [6.45, 7) is 0.0290. The monoisotopic (exact) mass is 228 g/mol. The molecule has 0 unspecified atom stereocenters. The summed E-state index contributed by atoms with van der Waals surface area (Å²) in [7, 11) is 0. The minimum atomic E-state index is -0.136. The lowest BCUT2D eigenvalue weighted by atomic mass is 10.1. The van der Waals surface area contributed by atoms with Gasteiger partial charge in [-0.2, -0.15) is 5.26 Å². The highest BCUT2D eigenvalue weighted by atomic mass is 16.2. The predicted octanol–water partition coefficient (Wildman–Crippen LogP) is 1.27. The molecule has 0 bridgehead atoms. The molecule has 1 fully saturated rings. The van der Waals surface area contributed by atoms with Crippen molar-refractivity contribution in [2.45, 2.75) is 12.8 Å². The Morgan fingerprint density at radius 2 is 1.94 bits per heavy atom. The number of rotatable bonds is 4. The SMILES string of the molecule is N#Cc1ccc(C(=O)CNC(=O)C2CC2)cc1. The topological polar surface area (TPSA) is 70.0 Å². The van der Waals surface area contributed by atoms with Crippen LogP contribution in [0, 0.1) is 17.2 Å². The maximum absolute atomic E-state index is 11.7. The Kier molecular flexibility index (Phi) is 3.20. The van der Waals surface area contributed by atoms with E-state index >= 15 is 0 Å². The van der Waals surface area contributed by atoms with E-state index in [4.69, 9.17) is 5.26 Å². The summed E-state index contributed by atoms with van der Waals surface area (Å²) in [5.74, 6) is -0.0563. The minimum absolute atomic E-state index is 0.0290. The van der Waals surface area contributed by atoms with E-state index in [9.17, 15) is 9.59 Å². The van der Waals surface area contributed by atoms with Crippen molar-refractivity contribution in [3.8, 4) is 6.07 Å². The quantitative estimate of drug-likeness (QED) is 0.789. The second-order valence-corrected chi connectivity index (χ2v) is 4.10. The molecule has 0 aromatic heterocycles. The Balaban J connectivity index is 1.90. The maximum Gasteiger partial charge on any atom is 0.223 e. The second-order valence-electron chi connectivity index (χ2n) is 4.10. The van der Waals surface area contributed by atoms with E-state index in [0.29, 0.717) is 11.1 Å². The van der Waals surface area contributed by atoms with Gasteiger partial charge in [-0.25, -0.2) is 0 Å². The summed E-state index contributed by atoms with van der Waals surface area (Å²) < 4.78 is 0. The van der Waals surface area contributed by atoms with Gasteiger partial charge >= 0.3 is 0 Å². The minimum Gasteiger partial charge on any atom is -0.348 e. The Bertz CT molecular complexity index is 481. The number of ketones is 1. The van der Waals surface area contributed by atoms with Crippen molar-refractivity contribution < 1.29 is 9.59 Å². The molecular formula is C13H12N2O2. The number of carbonyl (C=O) groups is 2. The molecule has 0 aliphatic heterocycles. The smallest absolute Gasteiger partial charge is 0.223 e. The molecule has 0 atom stereocenters. The van der Waals surface area contributed by atoms with E-state index in [-0.39, 0.29) is 24.2 Å². The number of Topliss-reactive ketones (excluding diaryl/α,β-unsaturated/α-hetero) is 1. The van der Waals surface area contributed by atoms with Crippen LogP contribution in [0.5, 0.6) is 0 Å². The molecule has 1 N–H and O–H groups in total. The number of amides is 1. The fourth-order valence-electron chi connectivity index (χ4n) is 1.49. The van der Waals surface area contributed by atoms with Gasteiger partial charge in [0, 0.05) is 11.5 Å². The molecule has 4 nitrogen and oxygen atoms in total. The van der Waals surface area contributed by atoms with Crippen molar-refractivity contribution in [2.24, 2.45) is 5.92 Å². The molecule has 1 aromatic rings. The van der Waals surface area contributed by atoms with Crippen LogP contribution < -0.4 is 5.32 Å². The first-order chi connectivity index (χ1) is 8.20. The largest absolute Gasteiger partial charge is 0.348 e. The lowest BCUT2D eigenvalue weighted by Gasteiger charge is -2.03. The van der Waals surface area contributed by atoms with E-state index in [1.807, 2.05) is 6.07 Å². The molecule has 4 heteroatoms. The molecule has 0 saturated heterocycles. The second kappa shape index (κ2) is 4.79. The van der Waals surface area contributed by atoms with Crippen LogP contribution in [0.3, 0.4) is 0 Å². The highest BCUT2D eigenvalue weighted by Crippen LogP contribution is 2.28. The van der Waals surface area contributed by atoms with Gasteiger partial charge in [0.25, 0.3) is 0 Å². The molecule has 1 aromatic carbocycles. The summed E-state index contributed by atoms with van der Waals surface area (Å²) in [6, 6.07) is 8.37. The zero-order chi connectivity index (χ0) is 12.3. The highest BCUT2D eigenvalue weighted by Gasteiger charge is 2.29. The number of hydrogen-bond donors (Lipinski definition) is 1. The van der Waals surface area contributed by atoms with Gasteiger partial charge in [0.2, 0.25) is 5.91 Å². The van der Waals surface area contributed by atoms with Gasteiger partial charge in [0.1, 0.15) is 0 Å². The molecule has 1 aliphatic carbocycles. The lowest BCUT2D eigenvalue weighted by molar-refractivity contribution is -0.122. The zero-order valence-corrected chi connectivity index (χ0v) is 9.27. The number of hydrogen-bond acceptors (Lipinski definition) is 3. The van der Waals surface area contributed by atoms with Crippen LogP contribution in [0.15, 0.2) is 24.3 Å². The van der Waals surface area contributed by atoms with Crippen molar-refractivity contribution >= 4 is 11.7 Å². The summed E-state index contributed by atoms with van der Waals surface area (Å²) in [5, 5.41) is 11.2. The third-order valence-electron chi connectivity index (χ3n) is 2.71. The predicted molar refractivity (Wildman–Crippen MR) is 61.2 cm³/mol. The fraction of sp³-hybridized carbons (Fsp3) is 0.308. The summed E-state index contributed by atoms with van der Waals surface area (Å²) in [4.78, 5) is 23.0. The van der Waals surface area contributed by atoms with Crippen molar-refractivity contribution in [3.05, 3.63) is 35.4 Å². The molecule has 1 saturated carbocycles. The molecule has 0 spiro atoms. The number of nitrogens with one attached hydrogen (secondary N) is 1. The van der Waals surface area contributed by atoms with Gasteiger partial charge in [-0.3, -0.25) is 9.59 Å². The number of benzene rings is 1. The van der Waals surface area contributed by atoms with Gasteiger partial charge in [-0.15, -0.1) is 0 Å². The first-order valence-corrected chi connectivity index (χ1v) is 5.52. The molecular weight excluding hydrogens is 216 g/mol. The standard InChI is InChI=1S/C13H12N2O2/c14-7-9-1-3-10(4-2-9)12(16)8-15-13(17)11-5-6-11/h1-4,11H,5-6,8H2,(H,15,17). The zero-order valence-electron chi connectivity index (χ0n) is 9.27. The highest BCUT2D eigenvalue weighted by molar-refractivity contribution is 5.99. The first-order valence-electron chi connectivity index (χ1n) is 5.52. The van der Waals surface area contributed by atoms with Gasteiger partial charge in [-0.1, -0.05) is 12.1 Å². The average molecular weight is 228 g/mol. The van der Waals surface area contributed by atoms with Crippen LogP contribution in [0.4, 0.5) is 0 Å². The average Bonchev–Trinajstić information content (AvgIpc) is 3.20. The molecule has 1 amide bonds. The van der Waals surface area contributed by atoms with Gasteiger partial charge in [0.15, 0.2) is 5.78 Å². The Morgan fingerprint density at radius 1 is 1.29 bits per heavy atom. The van der Waals surface area contributed by atoms with E-state index in [2.05, 4.69) is 5.32 Å². The molecule has 0 radical (unpaired) electrons. The molecule has 0 heterocycles. The molecule has 1 aliphatic rings. The van der Waals surface area contributed by atoms with Crippen molar-refractivity contribution in [3.63, 3.8) is 0 Å². The van der Waals surface area contributed by atoms with Gasteiger partial charge in [0.05, 0.1) is 18.2 Å². The Labute approximate surface area is 99.2 Å². The number of carbonyl (C=O) groups excluding carboxylic acids is 2. The van der Waals surface area contributed by atoms with Crippen LogP contribution in [-0.4, -0.2) is 18.2 Å². The van der Waals surface area contributed by atoms with Crippen LogP contribution in [0.1, 0.15) is 28.8 Å². The van der Waals surface area contributed by atoms with Crippen molar-refractivity contribution in [1.29, 1.82) is 5.26 Å². The first kappa shape index (κ1) is 11.3. The van der Waals surface area contributed by atoms with Crippen LogP contribution in [0.25, 0.3) is 0 Å². The van der Waals surface area contributed by atoms with Crippen LogP contribution in [-0.2, 0) is 4.79 Å². The lowest BCUT2D eigenvalue weighted by Crippen LogP contribution is -2.30. The molecule has 17 heavy (non-hydrogen) atoms. The fourth-order valence-corrected chi connectivity index (χ4v) is 1.49. The van der Waals surface area contributed by atoms with E-state index in [1.165, 1.54) is 0 Å². The van der Waals surface area contributed by atoms with Crippen molar-refractivity contribution in [1.82, 2.24) is 5.32 Å². The Morgan fingerprint density at radius 3 is 2.47 bits per heavy atom. The molecule has 2 rings (SSSR count). The van der Waals surface area contributed by atoms with E-state index in [0.717, 1.165) is 12.8 Å². The number of nitrogens with zero attached hydrogens (tertiary/aromatic N) is 1. The summed E-state index contributed by atoms with van der Waals surface area (Å²) in [5.41, 5.74) is 1.03. The van der Waals surface area contributed by atoms with Crippen molar-refractivity contribution in [2.75, 3.05) is 6.54 Å². The summed E-state index contributed by atoms with van der Waals surface area (Å²) in [6.07, 6.45) is 1.85.